The zero-order chi connectivity index (χ0) is 26.8. The predicted octanol–water partition coefficient (Wildman–Crippen LogP) is 5.29. The summed E-state index contributed by atoms with van der Waals surface area (Å²) in [6.07, 6.45) is 0.608. The predicted molar refractivity (Wildman–Crippen MR) is 144 cm³/mol. The second kappa shape index (κ2) is 10.5. The molecule has 8 nitrogen and oxygen atoms in total. The maximum atomic E-state index is 13.7. The summed E-state index contributed by atoms with van der Waals surface area (Å²) in [7, 11) is 3.21. The minimum absolute atomic E-state index is 0.0583. The first-order chi connectivity index (χ1) is 18.4. The number of carbonyl (C=O) groups excluding carboxylic acids is 1. The number of nitrogens with zero attached hydrogens (tertiary/aromatic N) is 2. The van der Waals surface area contributed by atoms with Crippen molar-refractivity contribution in [1.29, 1.82) is 0 Å². The molecule has 0 spiro atoms. The van der Waals surface area contributed by atoms with E-state index in [0.29, 0.717) is 42.5 Å². The fourth-order valence-corrected chi connectivity index (χ4v) is 4.96. The molecule has 1 aliphatic rings. The molecule has 8 heteroatoms. The van der Waals surface area contributed by atoms with Gasteiger partial charge in [-0.15, -0.1) is 0 Å². The average molecular weight is 514 g/mol. The molecule has 0 aliphatic carbocycles. The first-order valence-electron chi connectivity index (χ1n) is 12.6. The minimum atomic E-state index is -0.410. The molecular weight excluding hydrogens is 482 g/mol. The molecule has 0 saturated heterocycles. The molecule has 4 aromatic rings. The van der Waals surface area contributed by atoms with E-state index in [1.807, 2.05) is 67.3 Å². The van der Waals surface area contributed by atoms with Gasteiger partial charge in [0.15, 0.2) is 23.0 Å². The minimum Gasteiger partial charge on any atom is -0.504 e. The van der Waals surface area contributed by atoms with Gasteiger partial charge in [0.1, 0.15) is 5.69 Å². The van der Waals surface area contributed by atoms with Crippen molar-refractivity contribution in [2.45, 2.75) is 26.3 Å². The van der Waals surface area contributed by atoms with Crippen LogP contribution in [0.4, 0.5) is 0 Å². The number of phenols is 1. The van der Waals surface area contributed by atoms with Gasteiger partial charge in [-0.1, -0.05) is 42.0 Å². The summed E-state index contributed by atoms with van der Waals surface area (Å²) >= 11 is 0. The summed E-state index contributed by atoms with van der Waals surface area (Å²) in [4.78, 5) is 15.6. The highest BCUT2D eigenvalue weighted by atomic mass is 16.5. The summed E-state index contributed by atoms with van der Waals surface area (Å²) in [5.41, 5.74) is 5.95. The average Bonchev–Trinajstić information content (AvgIpc) is 3.48. The SMILES string of the molecule is CCOc1cc(C2c3c(-c4ccc(C)cc4)n[nH]c3C(=O)N2CCc2ccc(OC)c(OC)c2)ccc1O. The van der Waals surface area contributed by atoms with Crippen LogP contribution in [0.1, 0.15) is 45.7 Å². The van der Waals surface area contributed by atoms with Gasteiger partial charge in [-0.05, 0) is 55.7 Å². The lowest BCUT2D eigenvalue weighted by molar-refractivity contribution is 0.0745. The van der Waals surface area contributed by atoms with E-state index in [-0.39, 0.29) is 11.7 Å². The molecule has 1 aliphatic heterocycles. The van der Waals surface area contributed by atoms with Crippen molar-refractivity contribution in [3.05, 3.63) is 88.6 Å². The van der Waals surface area contributed by atoms with Crippen LogP contribution in [0.3, 0.4) is 0 Å². The van der Waals surface area contributed by atoms with Crippen LogP contribution in [0.15, 0.2) is 60.7 Å². The number of hydrogen-bond donors (Lipinski definition) is 2. The van der Waals surface area contributed by atoms with Gasteiger partial charge in [0.2, 0.25) is 0 Å². The van der Waals surface area contributed by atoms with Crippen molar-refractivity contribution < 1.29 is 24.1 Å². The number of amides is 1. The van der Waals surface area contributed by atoms with Gasteiger partial charge in [0.25, 0.3) is 5.91 Å². The Balaban J connectivity index is 1.56. The monoisotopic (exact) mass is 513 g/mol. The summed E-state index contributed by atoms with van der Waals surface area (Å²) < 4.78 is 16.5. The smallest absolute Gasteiger partial charge is 0.273 e. The number of nitrogens with one attached hydrogen (secondary N) is 1. The molecule has 1 unspecified atom stereocenters. The number of aromatic amines is 1. The molecule has 2 N–H and O–H groups in total. The van der Waals surface area contributed by atoms with Crippen LogP contribution in [0.5, 0.6) is 23.0 Å². The molecule has 3 aromatic carbocycles. The van der Waals surface area contributed by atoms with Crippen molar-refractivity contribution >= 4 is 5.91 Å². The third-order valence-electron chi connectivity index (χ3n) is 6.88. The van der Waals surface area contributed by atoms with Crippen molar-refractivity contribution in [3.63, 3.8) is 0 Å². The van der Waals surface area contributed by atoms with Gasteiger partial charge in [-0.25, -0.2) is 0 Å². The Morgan fingerprint density at radius 2 is 1.74 bits per heavy atom. The number of carbonyl (C=O) groups is 1. The lowest BCUT2D eigenvalue weighted by atomic mass is 9.95. The molecule has 0 fully saturated rings. The second-order valence-electron chi connectivity index (χ2n) is 9.23. The molecule has 2 heterocycles. The Bertz CT molecular complexity index is 1460. The third-order valence-corrected chi connectivity index (χ3v) is 6.88. The topological polar surface area (TPSA) is 96.9 Å². The normalized spacial score (nSPS) is 14.5. The zero-order valence-electron chi connectivity index (χ0n) is 21.9. The number of fused-ring (bicyclic) bond motifs is 1. The summed E-state index contributed by atoms with van der Waals surface area (Å²) in [6.45, 7) is 4.77. The Hall–Kier alpha value is -4.46. The van der Waals surface area contributed by atoms with Gasteiger partial charge in [0, 0.05) is 17.7 Å². The second-order valence-corrected chi connectivity index (χ2v) is 9.23. The lowest BCUT2D eigenvalue weighted by Crippen LogP contribution is -2.31. The molecular formula is C30H31N3O5. The first kappa shape index (κ1) is 25.2. The van der Waals surface area contributed by atoms with Gasteiger partial charge in [0.05, 0.1) is 32.6 Å². The highest BCUT2D eigenvalue weighted by Gasteiger charge is 2.42. The van der Waals surface area contributed by atoms with E-state index >= 15 is 0 Å². The number of benzene rings is 3. The van der Waals surface area contributed by atoms with E-state index in [1.165, 1.54) is 0 Å². The molecule has 1 aromatic heterocycles. The maximum absolute atomic E-state index is 13.7. The van der Waals surface area contributed by atoms with Crippen LogP contribution >= 0.6 is 0 Å². The number of H-pyrrole nitrogens is 1. The van der Waals surface area contributed by atoms with Crippen LogP contribution in [0.25, 0.3) is 11.3 Å². The Morgan fingerprint density at radius 1 is 0.974 bits per heavy atom. The Labute approximate surface area is 221 Å². The van der Waals surface area contributed by atoms with Crippen molar-refractivity contribution in [2.75, 3.05) is 27.4 Å². The molecule has 196 valence electrons. The van der Waals surface area contributed by atoms with Crippen LogP contribution in [-0.4, -0.2) is 53.5 Å². The van der Waals surface area contributed by atoms with Gasteiger partial charge in [-0.2, -0.15) is 5.10 Å². The van der Waals surface area contributed by atoms with E-state index in [2.05, 4.69) is 10.2 Å². The van der Waals surface area contributed by atoms with Gasteiger partial charge in [-0.3, -0.25) is 9.89 Å². The molecule has 0 radical (unpaired) electrons. The molecule has 1 atom stereocenters. The number of aromatic hydroxyl groups is 1. The zero-order valence-corrected chi connectivity index (χ0v) is 21.9. The van der Waals surface area contributed by atoms with E-state index in [4.69, 9.17) is 14.2 Å². The number of aromatic nitrogens is 2. The highest BCUT2D eigenvalue weighted by Crippen LogP contribution is 2.44. The van der Waals surface area contributed by atoms with Gasteiger partial charge >= 0.3 is 0 Å². The molecule has 0 saturated carbocycles. The van der Waals surface area contributed by atoms with Crippen molar-refractivity contribution in [3.8, 4) is 34.3 Å². The Morgan fingerprint density at radius 3 is 2.45 bits per heavy atom. The maximum Gasteiger partial charge on any atom is 0.273 e. The van der Waals surface area contributed by atoms with Gasteiger partial charge < -0.3 is 24.2 Å². The largest absolute Gasteiger partial charge is 0.504 e. The molecule has 0 bridgehead atoms. The van der Waals surface area contributed by atoms with Crippen molar-refractivity contribution in [2.24, 2.45) is 0 Å². The first-order valence-corrected chi connectivity index (χ1v) is 12.6. The number of ether oxygens (including phenoxy) is 3. The Kier molecular flexibility index (Phi) is 6.96. The number of methoxy groups -OCH3 is 2. The number of rotatable bonds is 9. The number of aryl methyl sites for hydroxylation is 1. The summed E-state index contributed by atoms with van der Waals surface area (Å²) in [5.74, 6) is 1.62. The quantitative estimate of drug-likeness (QED) is 0.316. The lowest BCUT2D eigenvalue weighted by Gasteiger charge is -2.27. The van der Waals surface area contributed by atoms with E-state index in [1.54, 1.807) is 26.4 Å². The third kappa shape index (κ3) is 4.53. The molecule has 5 rings (SSSR count). The van der Waals surface area contributed by atoms with Crippen molar-refractivity contribution in [1.82, 2.24) is 15.1 Å². The van der Waals surface area contributed by atoms with E-state index in [0.717, 1.165) is 33.5 Å². The van der Waals surface area contributed by atoms with Crippen LogP contribution in [0.2, 0.25) is 0 Å². The van der Waals surface area contributed by atoms with Crippen LogP contribution in [-0.2, 0) is 6.42 Å². The summed E-state index contributed by atoms with van der Waals surface area (Å²) in [5, 5.41) is 17.9. The fourth-order valence-electron chi connectivity index (χ4n) is 4.96. The number of phenolic OH excluding ortho intramolecular Hbond substituents is 1. The number of hydrogen-bond acceptors (Lipinski definition) is 6. The summed E-state index contributed by atoms with van der Waals surface area (Å²) in [6, 6.07) is 18.7. The van der Waals surface area contributed by atoms with Crippen LogP contribution in [0, 0.1) is 6.92 Å². The molecule has 38 heavy (non-hydrogen) atoms. The van der Waals surface area contributed by atoms with E-state index < -0.39 is 6.04 Å². The fraction of sp³-hybridized carbons (Fsp3) is 0.267. The standard InChI is InChI=1S/C30H31N3O5/c1-5-38-24-17-21(11-12-22(24)34)29-26-27(20-9-6-18(2)7-10-20)31-32-28(26)30(35)33(29)15-14-19-8-13-23(36-3)25(16-19)37-4/h6-13,16-17,29,34H,5,14-15H2,1-4H3,(H,31,32). The molecule has 1 amide bonds. The highest BCUT2D eigenvalue weighted by molar-refractivity contribution is 6.00. The van der Waals surface area contributed by atoms with E-state index in [9.17, 15) is 9.90 Å². The van der Waals surface area contributed by atoms with Crippen LogP contribution < -0.4 is 14.2 Å².